The van der Waals surface area contributed by atoms with Gasteiger partial charge >= 0.3 is 0 Å². The topological polar surface area (TPSA) is 59.4 Å². The molecule has 0 aliphatic carbocycles. The zero-order chi connectivity index (χ0) is 16.4. The van der Waals surface area contributed by atoms with Crippen LogP contribution in [0, 0.1) is 0 Å². The van der Waals surface area contributed by atoms with Gasteiger partial charge in [-0.3, -0.25) is 4.79 Å². The molecule has 1 aromatic carbocycles. The van der Waals surface area contributed by atoms with Crippen LogP contribution in [-0.4, -0.2) is 52.9 Å². The van der Waals surface area contributed by atoms with E-state index in [0.717, 1.165) is 11.4 Å². The summed E-state index contributed by atoms with van der Waals surface area (Å²) in [4.78, 5) is 14.5. The Morgan fingerprint density at radius 2 is 1.83 bits per heavy atom. The van der Waals surface area contributed by atoms with Crippen molar-refractivity contribution in [3.8, 4) is 11.4 Å². The molecule has 1 aliphatic rings. The lowest BCUT2D eigenvalue weighted by Crippen LogP contribution is -2.55. The van der Waals surface area contributed by atoms with Gasteiger partial charge in [0.1, 0.15) is 5.75 Å². The molecule has 2 atom stereocenters. The molecule has 0 spiro atoms. The Labute approximate surface area is 136 Å². The van der Waals surface area contributed by atoms with Crippen LogP contribution in [0.5, 0.6) is 5.75 Å². The number of methoxy groups -OCH3 is 1. The van der Waals surface area contributed by atoms with E-state index in [1.54, 1.807) is 17.9 Å². The van der Waals surface area contributed by atoms with Crippen LogP contribution in [-0.2, 0) is 0 Å². The predicted octanol–water partition coefficient (Wildman–Crippen LogP) is 1.70. The van der Waals surface area contributed by atoms with Gasteiger partial charge in [0, 0.05) is 31.4 Å². The molecule has 2 heterocycles. The van der Waals surface area contributed by atoms with Crippen molar-refractivity contribution in [2.24, 2.45) is 0 Å². The van der Waals surface area contributed by atoms with Gasteiger partial charge in [-0.1, -0.05) is 0 Å². The summed E-state index contributed by atoms with van der Waals surface area (Å²) in [7, 11) is 1.63. The molecule has 1 N–H and O–H groups in total. The molecule has 6 heteroatoms. The molecule has 0 radical (unpaired) electrons. The second-order valence-electron chi connectivity index (χ2n) is 6.02. The van der Waals surface area contributed by atoms with Crippen LogP contribution >= 0.6 is 0 Å². The van der Waals surface area contributed by atoms with Crippen molar-refractivity contribution in [3.05, 3.63) is 42.2 Å². The number of carbonyl (C=O) groups is 1. The van der Waals surface area contributed by atoms with Crippen molar-refractivity contribution < 1.29 is 9.53 Å². The van der Waals surface area contributed by atoms with E-state index in [-0.39, 0.29) is 5.91 Å². The van der Waals surface area contributed by atoms with Gasteiger partial charge in [-0.25, -0.2) is 4.68 Å². The zero-order valence-corrected chi connectivity index (χ0v) is 13.7. The fraction of sp³-hybridized carbons (Fsp3) is 0.412. The van der Waals surface area contributed by atoms with E-state index in [4.69, 9.17) is 4.74 Å². The Bertz CT molecular complexity index is 670. The third-order valence-corrected chi connectivity index (χ3v) is 3.99. The molecule has 1 fully saturated rings. The average molecular weight is 314 g/mol. The summed E-state index contributed by atoms with van der Waals surface area (Å²) in [5, 5.41) is 7.85. The van der Waals surface area contributed by atoms with Crippen LogP contribution in [0.25, 0.3) is 5.69 Å². The number of aromatic nitrogens is 2. The van der Waals surface area contributed by atoms with Crippen molar-refractivity contribution in [2.75, 3.05) is 20.2 Å². The van der Waals surface area contributed by atoms with Gasteiger partial charge in [0.05, 0.1) is 12.8 Å². The number of hydrogen-bond acceptors (Lipinski definition) is 4. The molecule has 0 unspecified atom stereocenters. The minimum Gasteiger partial charge on any atom is -0.497 e. The van der Waals surface area contributed by atoms with Crippen LogP contribution in [0.2, 0.25) is 0 Å². The Kier molecular flexibility index (Phi) is 4.34. The van der Waals surface area contributed by atoms with Gasteiger partial charge in [-0.05, 0) is 44.2 Å². The second kappa shape index (κ2) is 6.42. The number of ether oxygens (including phenoxy) is 1. The summed E-state index contributed by atoms with van der Waals surface area (Å²) >= 11 is 0. The molecule has 0 saturated carbocycles. The highest BCUT2D eigenvalue weighted by Gasteiger charge is 2.26. The smallest absolute Gasteiger partial charge is 0.274 e. The Morgan fingerprint density at radius 3 is 2.43 bits per heavy atom. The molecular formula is C17H22N4O2. The van der Waals surface area contributed by atoms with Crippen LogP contribution in [0.3, 0.4) is 0 Å². The number of carbonyl (C=O) groups excluding carboxylic acids is 1. The lowest BCUT2D eigenvalue weighted by Gasteiger charge is -2.35. The van der Waals surface area contributed by atoms with Crippen LogP contribution < -0.4 is 10.1 Å². The molecule has 1 aromatic heterocycles. The summed E-state index contributed by atoms with van der Waals surface area (Å²) in [5.74, 6) is 0.776. The molecule has 6 nitrogen and oxygen atoms in total. The van der Waals surface area contributed by atoms with Gasteiger partial charge in [-0.15, -0.1) is 0 Å². The SMILES string of the molecule is COc1ccc(-n2ccc(C(=O)N3C[C@H](C)N[C@@H](C)C3)n2)cc1. The highest BCUT2D eigenvalue weighted by atomic mass is 16.5. The molecule has 23 heavy (non-hydrogen) atoms. The number of piperazine rings is 1. The lowest BCUT2D eigenvalue weighted by atomic mass is 10.1. The third kappa shape index (κ3) is 3.37. The fourth-order valence-corrected chi connectivity index (χ4v) is 2.97. The normalized spacial score (nSPS) is 21.3. The van der Waals surface area contributed by atoms with E-state index < -0.39 is 0 Å². The highest BCUT2D eigenvalue weighted by molar-refractivity contribution is 5.92. The number of hydrogen-bond donors (Lipinski definition) is 1. The maximum atomic E-state index is 12.6. The zero-order valence-electron chi connectivity index (χ0n) is 13.7. The predicted molar refractivity (Wildman–Crippen MR) is 88.1 cm³/mol. The molecule has 1 aliphatic heterocycles. The first-order valence-electron chi connectivity index (χ1n) is 7.82. The minimum absolute atomic E-state index is 0.0162. The largest absolute Gasteiger partial charge is 0.497 e. The Morgan fingerprint density at radius 1 is 1.17 bits per heavy atom. The van der Waals surface area contributed by atoms with Crippen molar-refractivity contribution >= 4 is 5.91 Å². The molecule has 1 amide bonds. The van der Waals surface area contributed by atoms with E-state index in [9.17, 15) is 4.79 Å². The number of benzene rings is 1. The van der Waals surface area contributed by atoms with Gasteiger partial charge in [0.25, 0.3) is 5.91 Å². The molecule has 2 aromatic rings. The summed E-state index contributed by atoms with van der Waals surface area (Å²) in [6, 6.07) is 9.93. The quantitative estimate of drug-likeness (QED) is 0.937. The van der Waals surface area contributed by atoms with Crippen molar-refractivity contribution in [2.45, 2.75) is 25.9 Å². The van der Waals surface area contributed by atoms with Gasteiger partial charge < -0.3 is 15.0 Å². The second-order valence-corrected chi connectivity index (χ2v) is 6.02. The van der Waals surface area contributed by atoms with Crippen molar-refractivity contribution in [1.82, 2.24) is 20.0 Å². The number of nitrogens with zero attached hydrogens (tertiary/aromatic N) is 3. The van der Waals surface area contributed by atoms with E-state index in [0.29, 0.717) is 30.9 Å². The summed E-state index contributed by atoms with van der Waals surface area (Å²) in [6.07, 6.45) is 1.81. The van der Waals surface area contributed by atoms with Crippen molar-refractivity contribution in [3.63, 3.8) is 0 Å². The summed E-state index contributed by atoms with van der Waals surface area (Å²) in [5.41, 5.74) is 1.37. The Hall–Kier alpha value is -2.34. The number of rotatable bonds is 3. The molecule has 122 valence electrons. The van der Waals surface area contributed by atoms with Crippen LogP contribution in [0.1, 0.15) is 24.3 Å². The minimum atomic E-state index is -0.0162. The summed E-state index contributed by atoms with van der Waals surface area (Å²) < 4.78 is 6.86. The van der Waals surface area contributed by atoms with Gasteiger partial charge in [0.2, 0.25) is 0 Å². The van der Waals surface area contributed by atoms with E-state index in [2.05, 4.69) is 24.3 Å². The maximum absolute atomic E-state index is 12.6. The maximum Gasteiger partial charge on any atom is 0.274 e. The first kappa shape index (κ1) is 15.6. The average Bonchev–Trinajstić information content (AvgIpc) is 3.03. The van der Waals surface area contributed by atoms with Gasteiger partial charge in [0.15, 0.2) is 5.69 Å². The lowest BCUT2D eigenvalue weighted by molar-refractivity contribution is 0.0667. The molecule has 1 saturated heterocycles. The molecular weight excluding hydrogens is 292 g/mol. The monoisotopic (exact) mass is 314 g/mol. The summed E-state index contributed by atoms with van der Waals surface area (Å²) in [6.45, 7) is 5.59. The van der Waals surface area contributed by atoms with Gasteiger partial charge in [-0.2, -0.15) is 5.10 Å². The first-order valence-corrected chi connectivity index (χ1v) is 7.82. The standard InChI is InChI=1S/C17H22N4O2/c1-12-10-20(11-13(2)18-12)17(22)16-8-9-21(19-16)14-4-6-15(23-3)7-5-14/h4-9,12-13,18H,10-11H2,1-3H3/t12-,13-/m0/s1. The molecule has 0 bridgehead atoms. The van der Waals surface area contributed by atoms with Crippen LogP contribution in [0.15, 0.2) is 36.5 Å². The number of nitrogens with one attached hydrogen (secondary N) is 1. The van der Waals surface area contributed by atoms with Crippen molar-refractivity contribution in [1.29, 1.82) is 0 Å². The van der Waals surface area contributed by atoms with E-state index in [1.807, 2.05) is 35.4 Å². The number of amides is 1. The third-order valence-electron chi connectivity index (χ3n) is 3.99. The Balaban J connectivity index is 1.76. The highest BCUT2D eigenvalue weighted by Crippen LogP contribution is 2.15. The van der Waals surface area contributed by atoms with Crippen LogP contribution in [0.4, 0.5) is 0 Å². The fourth-order valence-electron chi connectivity index (χ4n) is 2.97. The first-order chi connectivity index (χ1) is 11.1. The van der Waals surface area contributed by atoms with E-state index >= 15 is 0 Å². The van der Waals surface area contributed by atoms with E-state index in [1.165, 1.54) is 0 Å². The molecule has 3 rings (SSSR count).